The summed E-state index contributed by atoms with van der Waals surface area (Å²) in [6, 6.07) is 20.3. The van der Waals surface area contributed by atoms with Gasteiger partial charge in [-0.3, -0.25) is 18.7 Å². The van der Waals surface area contributed by atoms with Gasteiger partial charge in [0, 0.05) is 84.2 Å². The zero-order valence-electron chi connectivity index (χ0n) is 36.4. The quantitative estimate of drug-likeness (QED) is 0.0353. The monoisotopic (exact) mass is 988 g/mol. The minimum absolute atomic E-state index is 0.0753. The van der Waals surface area contributed by atoms with Crippen LogP contribution in [0.25, 0.3) is 31.7 Å². The van der Waals surface area contributed by atoms with Crippen LogP contribution >= 0.6 is 34.8 Å². The fourth-order valence-corrected chi connectivity index (χ4v) is 11.2. The van der Waals surface area contributed by atoms with Crippen molar-refractivity contribution >= 4 is 68.2 Å². The van der Waals surface area contributed by atoms with Crippen molar-refractivity contribution in [2.45, 2.75) is 38.0 Å². The molecule has 21 nitrogen and oxygen atoms in total. The van der Waals surface area contributed by atoms with Crippen LogP contribution in [0.3, 0.4) is 0 Å². The lowest BCUT2D eigenvalue weighted by molar-refractivity contribution is -0.121. The number of phosphoric acid groups is 3. The summed E-state index contributed by atoms with van der Waals surface area (Å²) in [4.78, 5) is 84.6. The molecule has 1 aromatic heterocycles. The third kappa shape index (κ3) is 12.9. The van der Waals surface area contributed by atoms with Gasteiger partial charge in [-0.1, -0.05) is 36.1 Å². The number of anilines is 2. The number of aromatic nitrogens is 2. The Morgan fingerprint density at radius 3 is 2.45 bits per heavy atom. The van der Waals surface area contributed by atoms with Gasteiger partial charge in [-0.25, -0.2) is 23.1 Å². The standard InChI is InChI=1S/C41H48N7O14P3S/c1-45(2)27-14-17-32-34(22-27)66-35-23-28(46(3)4)15-18-33(35)38(32)30-11-6-7-12-31(30)40(50)47(5)21-9-13-36(49)43-20-8-10-26-24-48(41(51)44-39(26)42)37-19-16-29(60-37)25-59-64(55,56)62-65(57,58)61-63(52,53)54/h6-7,11-12,14-15,17-18,22-24,29,37H,9,13,16,19-21,25H2,1-5H3,(H6-,42,43,44,49,51,52,53,54,55,56,57,58)/p+1/t29-,37+/m0/s1. The number of rotatable bonds is 16. The molecule has 3 aliphatic rings. The van der Waals surface area contributed by atoms with E-state index in [0.717, 1.165) is 47.3 Å². The summed E-state index contributed by atoms with van der Waals surface area (Å²) in [6.07, 6.45) is 0.235. The van der Waals surface area contributed by atoms with Crippen molar-refractivity contribution in [3.8, 4) is 33.4 Å². The van der Waals surface area contributed by atoms with E-state index in [2.05, 4.69) is 81.2 Å². The number of hydrogen-bond acceptors (Lipinski definition) is 14. The van der Waals surface area contributed by atoms with Crippen LogP contribution in [-0.2, 0) is 36.4 Å². The van der Waals surface area contributed by atoms with Gasteiger partial charge in [0.15, 0.2) is 0 Å². The maximum Gasteiger partial charge on any atom is 0.490 e. The van der Waals surface area contributed by atoms with Crippen LogP contribution in [0.5, 0.6) is 0 Å². The van der Waals surface area contributed by atoms with Crippen molar-refractivity contribution in [3.05, 3.63) is 93.8 Å². The Balaban J connectivity index is 1.04. The maximum atomic E-state index is 14.1. The highest BCUT2D eigenvalue weighted by Crippen LogP contribution is 2.66. The number of fused-ring (bicyclic) bond motifs is 2. The minimum atomic E-state index is -5.70. The van der Waals surface area contributed by atoms with E-state index in [1.165, 1.54) is 6.20 Å². The van der Waals surface area contributed by atoms with E-state index in [0.29, 0.717) is 18.5 Å². The molecule has 3 heterocycles. The first-order chi connectivity index (χ1) is 31.0. The van der Waals surface area contributed by atoms with Gasteiger partial charge in [0.2, 0.25) is 11.3 Å². The molecule has 0 radical (unpaired) electrons. The van der Waals surface area contributed by atoms with Gasteiger partial charge in [0.25, 0.3) is 5.91 Å². The summed E-state index contributed by atoms with van der Waals surface area (Å²) < 4.78 is 56.5. The Morgan fingerprint density at radius 1 is 1.00 bits per heavy atom. The second-order valence-electron chi connectivity index (χ2n) is 15.5. The fraction of sp³-hybridized carbons (Fsp3) is 0.341. The lowest BCUT2D eigenvalue weighted by Crippen LogP contribution is -2.30. The second-order valence-corrected chi connectivity index (χ2v) is 21.0. The highest BCUT2D eigenvalue weighted by molar-refractivity contribution is 7.66. The molecule has 6 rings (SSSR count). The van der Waals surface area contributed by atoms with Crippen molar-refractivity contribution in [2.24, 2.45) is 0 Å². The Bertz CT molecular complexity index is 2980. The molecular weight excluding hydrogens is 939 g/mol. The molecule has 4 atom stereocenters. The summed E-state index contributed by atoms with van der Waals surface area (Å²) in [6.45, 7) is -0.464. The number of nitrogen functional groups attached to an aromatic ring is 1. The zero-order valence-corrected chi connectivity index (χ0v) is 39.9. The lowest BCUT2D eigenvalue weighted by atomic mass is 9.91. The van der Waals surface area contributed by atoms with Crippen molar-refractivity contribution in [3.63, 3.8) is 0 Å². The number of nitrogens with two attached hydrogens (primary N) is 1. The molecule has 352 valence electrons. The molecule has 7 N–H and O–H groups in total. The molecule has 1 saturated heterocycles. The zero-order chi connectivity index (χ0) is 48.1. The Morgan fingerprint density at radius 2 is 1.74 bits per heavy atom. The molecule has 0 spiro atoms. The van der Waals surface area contributed by atoms with E-state index in [1.54, 1.807) is 23.3 Å². The van der Waals surface area contributed by atoms with Gasteiger partial charge in [0.05, 0.1) is 24.8 Å². The van der Waals surface area contributed by atoms with Gasteiger partial charge in [-0.15, -0.1) is 11.3 Å². The van der Waals surface area contributed by atoms with Crippen LogP contribution < -0.4 is 31.6 Å². The third-order valence-electron chi connectivity index (χ3n) is 10.2. The smallest absolute Gasteiger partial charge is 0.382 e. The predicted molar refractivity (Wildman–Crippen MR) is 247 cm³/mol. The molecule has 2 unspecified atom stereocenters. The number of nitrogens with one attached hydrogen (secondary N) is 1. The van der Waals surface area contributed by atoms with E-state index < -0.39 is 48.1 Å². The number of hydrogen-bond donors (Lipinski definition) is 6. The Labute approximate surface area is 382 Å². The second kappa shape index (κ2) is 20.8. The molecule has 3 aromatic rings. The Hall–Kier alpha value is -5.10. The fourth-order valence-electron chi connectivity index (χ4n) is 7.03. The van der Waals surface area contributed by atoms with Gasteiger partial charge in [-0.05, 0) is 54.7 Å². The Kier molecular flexibility index (Phi) is 15.9. The highest BCUT2D eigenvalue weighted by Gasteiger charge is 2.41. The summed E-state index contributed by atoms with van der Waals surface area (Å²) in [5, 5.41) is 4.81. The van der Waals surface area contributed by atoms with Crippen LogP contribution in [0.15, 0.2) is 71.7 Å². The van der Waals surface area contributed by atoms with E-state index in [-0.39, 0.29) is 49.0 Å². The van der Waals surface area contributed by atoms with E-state index in [1.807, 2.05) is 52.5 Å². The van der Waals surface area contributed by atoms with Crippen LogP contribution in [0.2, 0.25) is 0 Å². The number of phosphoric ester groups is 1. The van der Waals surface area contributed by atoms with Crippen molar-refractivity contribution in [2.75, 3.05) is 65.6 Å². The number of nitrogens with zero attached hydrogens (tertiary/aromatic N) is 5. The molecule has 25 heteroatoms. The van der Waals surface area contributed by atoms with Crippen molar-refractivity contribution in [1.82, 2.24) is 24.3 Å². The molecule has 66 heavy (non-hydrogen) atoms. The topological polar surface area (TPSA) is 286 Å². The van der Waals surface area contributed by atoms with Crippen molar-refractivity contribution < 1.29 is 60.7 Å². The largest absolute Gasteiger partial charge is 0.490 e. The number of carbonyl (C=O) groups excluding carboxylic acids is 2. The predicted octanol–water partition coefficient (Wildman–Crippen LogP) is 3.95. The molecule has 1 aliphatic carbocycles. The van der Waals surface area contributed by atoms with Crippen LogP contribution in [0, 0.1) is 11.8 Å². The van der Waals surface area contributed by atoms with Crippen molar-refractivity contribution in [1.29, 1.82) is 0 Å². The van der Waals surface area contributed by atoms with E-state index >= 15 is 0 Å². The average Bonchev–Trinajstić information content (AvgIpc) is 3.71. The first-order valence-electron chi connectivity index (χ1n) is 20.1. The molecule has 0 bridgehead atoms. The number of amides is 2. The lowest BCUT2D eigenvalue weighted by Gasteiger charge is -2.22. The average molecular weight is 989 g/mol. The molecule has 2 aliphatic heterocycles. The summed E-state index contributed by atoms with van der Waals surface area (Å²) in [7, 11) is -6.92. The van der Waals surface area contributed by atoms with E-state index in [4.69, 9.17) is 20.3 Å². The summed E-state index contributed by atoms with van der Waals surface area (Å²) in [5.74, 6) is 4.86. The first-order valence-corrected chi connectivity index (χ1v) is 25.5. The molecule has 2 amide bonds. The van der Waals surface area contributed by atoms with Gasteiger partial charge < -0.3 is 45.2 Å². The SMILES string of the molecule is CN(CCCC(=O)NCC#Cc1cn([C@H]2CC[C@@H](COP(=O)(O)OP(=O)(O)OP(=O)(O)O)O2)c(=O)nc1N)C(=O)c1ccccc1-c1c2ccc(=[N+](C)C)cc-2sc2cc(N(C)C)ccc12. The minimum Gasteiger partial charge on any atom is -0.382 e. The first kappa shape index (κ1) is 50.3. The van der Waals surface area contributed by atoms with Gasteiger partial charge in [0.1, 0.15) is 26.1 Å². The van der Waals surface area contributed by atoms with Crippen LogP contribution in [0.4, 0.5) is 11.5 Å². The molecule has 0 saturated carbocycles. The van der Waals surface area contributed by atoms with Crippen LogP contribution in [0.1, 0.15) is 47.8 Å². The molecular formula is C41H49N7O14P3S+. The number of ether oxygens (including phenoxy) is 1. The third-order valence-corrected chi connectivity index (χ3v) is 15.1. The molecule has 1 fully saturated rings. The van der Waals surface area contributed by atoms with E-state index in [9.17, 15) is 37.9 Å². The van der Waals surface area contributed by atoms with Gasteiger partial charge >= 0.3 is 29.2 Å². The highest BCUT2D eigenvalue weighted by atomic mass is 32.1. The van der Waals surface area contributed by atoms with Crippen LogP contribution in [-0.4, -0.2) is 107 Å². The number of benzene rings is 3. The summed E-state index contributed by atoms with van der Waals surface area (Å²) in [5.41, 5.74) is 9.70. The summed E-state index contributed by atoms with van der Waals surface area (Å²) >= 11 is 1.71. The maximum absolute atomic E-state index is 14.1. The normalized spacial score (nSPS) is 16.8. The number of carbonyl (C=O) groups is 2. The molecule has 2 aromatic carbocycles. The van der Waals surface area contributed by atoms with Gasteiger partial charge in [-0.2, -0.15) is 13.6 Å².